The normalized spacial score (nSPS) is 19.4. The third-order valence-electron chi connectivity index (χ3n) is 1.73. The zero-order chi connectivity index (χ0) is 8.77. The van der Waals surface area contributed by atoms with Crippen LogP contribution >= 0.6 is 22.9 Å². The number of fused-ring (bicyclic) bond motifs is 1. The molecular formula is C7H5F2IN2. The van der Waals surface area contributed by atoms with Crippen molar-refractivity contribution in [1.82, 2.24) is 4.98 Å². The van der Waals surface area contributed by atoms with E-state index < -0.39 is 5.92 Å². The number of halogens is 3. The molecule has 2 nitrogen and oxygen atoms in total. The Kier molecular flexibility index (Phi) is 1.71. The van der Waals surface area contributed by atoms with Gasteiger partial charge in [0.1, 0.15) is 5.69 Å². The van der Waals surface area contributed by atoms with E-state index in [0.717, 1.165) is 0 Å². The lowest BCUT2D eigenvalue weighted by molar-refractivity contribution is 0.0128. The van der Waals surface area contributed by atoms with E-state index in [1.807, 2.05) is 22.9 Å². The highest BCUT2D eigenvalue weighted by atomic mass is 127. The highest BCUT2D eigenvalue weighted by molar-refractivity contribution is 14.1. The molecule has 1 aromatic rings. The Morgan fingerprint density at radius 2 is 2.33 bits per heavy atom. The summed E-state index contributed by atoms with van der Waals surface area (Å²) < 4.78 is 27.6. The van der Waals surface area contributed by atoms with Crippen LogP contribution in [0.15, 0.2) is 18.3 Å². The van der Waals surface area contributed by atoms with Gasteiger partial charge in [0.25, 0.3) is 0 Å². The van der Waals surface area contributed by atoms with Crippen LogP contribution in [0.5, 0.6) is 0 Å². The van der Waals surface area contributed by atoms with Gasteiger partial charge in [-0.3, -0.25) is 4.98 Å². The third kappa shape index (κ3) is 1.07. The van der Waals surface area contributed by atoms with E-state index in [1.165, 1.54) is 9.31 Å². The van der Waals surface area contributed by atoms with E-state index >= 15 is 0 Å². The van der Waals surface area contributed by atoms with Crippen molar-refractivity contribution in [1.29, 1.82) is 0 Å². The molecule has 0 fully saturated rings. The minimum atomic E-state index is -2.79. The molecule has 1 aliphatic rings. The third-order valence-corrected chi connectivity index (χ3v) is 2.59. The van der Waals surface area contributed by atoms with Crippen molar-refractivity contribution < 1.29 is 8.78 Å². The molecule has 12 heavy (non-hydrogen) atoms. The molecule has 0 saturated heterocycles. The van der Waals surface area contributed by atoms with Gasteiger partial charge in [-0.05, 0) is 12.1 Å². The number of anilines is 1. The molecule has 0 spiro atoms. The summed E-state index contributed by atoms with van der Waals surface area (Å²) in [6.07, 6.45) is 1.39. The van der Waals surface area contributed by atoms with Crippen molar-refractivity contribution >= 4 is 28.6 Å². The fourth-order valence-electron chi connectivity index (χ4n) is 1.21. The quantitative estimate of drug-likeness (QED) is 0.536. The second kappa shape index (κ2) is 2.51. The summed E-state index contributed by atoms with van der Waals surface area (Å²) in [5.74, 6) is -2.79. The standard InChI is InChI=1S/C7H5F2IN2/c8-7(9)4-12(10)5-2-1-3-11-6(5)7/h1-3H,4H2. The molecule has 0 aromatic carbocycles. The van der Waals surface area contributed by atoms with Crippen molar-refractivity contribution in [3.8, 4) is 0 Å². The summed E-state index contributed by atoms with van der Waals surface area (Å²) in [7, 11) is 0. The van der Waals surface area contributed by atoms with E-state index in [2.05, 4.69) is 4.98 Å². The van der Waals surface area contributed by atoms with Gasteiger partial charge in [-0.1, -0.05) is 0 Å². The van der Waals surface area contributed by atoms with Crippen LogP contribution in [0.3, 0.4) is 0 Å². The monoisotopic (exact) mass is 282 g/mol. The summed E-state index contributed by atoms with van der Waals surface area (Å²) in [6.45, 7) is -0.278. The minimum absolute atomic E-state index is 0.112. The first-order valence-corrected chi connectivity index (χ1v) is 4.34. The number of hydrogen-bond acceptors (Lipinski definition) is 2. The minimum Gasteiger partial charge on any atom is -0.306 e. The Labute approximate surface area is 82.1 Å². The van der Waals surface area contributed by atoms with Gasteiger partial charge in [-0.25, -0.2) is 0 Å². The van der Waals surface area contributed by atoms with E-state index in [9.17, 15) is 8.78 Å². The van der Waals surface area contributed by atoms with Gasteiger partial charge in [0, 0.05) is 6.20 Å². The van der Waals surface area contributed by atoms with E-state index in [0.29, 0.717) is 5.69 Å². The molecule has 0 bridgehead atoms. The zero-order valence-electron chi connectivity index (χ0n) is 5.97. The summed E-state index contributed by atoms with van der Waals surface area (Å²) in [6, 6.07) is 3.31. The van der Waals surface area contributed by atoms with Crippen LogP contribution in [-0.2, 0) is 5.92 Å². The largest absolute Gasteiger partial charge is 0.309 e. The lowest BCUT2D eigenvalue weighted by Gasteiger charge is -2.07. The Bertz CT molecular complexity index is 316. The van der Waals surface area contributed by atoms with Gasteiger partial charge in [-0.2, -0.15) is 8.78 Å². The summed E-state index contributed by atoms with van der Waals surface area (Å²) >= 11 is 1.86. The molecule has 0 saturated carbocycles. The smallest absolute Gasteiger partial charge is 0.306 e. The lowest BCUT2D eigenvalue weighted by atomic mass is 10.2. The topological polar surface area (TPSA) is 16.1 Å². The molecule has 5 heteroatoms. The molecule has 0 radical (unpaired) electrons. The summed E-state index contributed by atoms with van der Waals surface area (Å²) in [4.78, 5) is 3.67. The molecule has 0 atom stereocenters. The van der Waals surface area contributed by atoms with Gasteiger partial charge >= 0.3 is 5.92 Å². The van der Waals surface area contributed by atoms with Gasteiger partial charge in [0.2, 0.25) is 0 Å². The van der Waals surface area contributed by atoms with E-state index in [-0.39, 0.29) is 12.2 Å². The SMILES string of the molecule is FC1(F)CN(I)c2cccnc21. The van der Waals surface area contributed by atoms with Crippen LogP contribution in [0.25, 0.3) is 0 Å². The maximum atomic E-state index is 13.1. The fourth-order valence-corrected chi connectivity index (χ4v) is 2.03. The van der Waals surface area contributed by atoms with Crippen molar-refractivity contribution in [2.45, 2.75) is 5.92 Å². The van der Waals surface area contributed by atoms with Crippen molar-refractivity contribution in [2.75, 3.05) is 9.66 Å². The maximum absolute atomic E-state index is 13.1. The van der Waals surface area contributed by atoms with Crippen molar-refractivity contribution in [3.05, 3.63) is 24.0 Å². The molecule has 2 heterocycles. The fraction of sp³-hybridized carbons (Fsp3) is 0.286. The van der Waals surface area contributed by atoms with Crippen molar-refractivity contribution in [2.24, 2.45) is 0 Å². The Hall–Kier alpha value is -0.460. The average molecular weight is 282 g/mol. The number of alkyl halides is 2. The molecule has 1 aliphatic heterocycles. The Balaban J connectivity index is 2.58. The molecule has 1 aromatic heterocycles. The van der Waals surface area contributed by atoms with Crippen LogP contribution in [0.1, 0.15) is 5.69 Å². The molecular weight excluding hydrogens is 277 g/mol. The number of pyridine rings is 1. The van der Waals surface area contributed by atoms with Crippen LogP contribution < -0.4 is 3.11 Å². The Morgan fingerprint density at radius 1 is 1.58 bits per heavy atom. The van der Waals surface area contributed by atoms with Crippen LogP contribution in [0.4, 0.5) is 14.5 Å². The summed E-state index contributed by atoms with van der Waals surface area (Å²) in [5, 5.41) is 0. The molecule has 0 N–H and O–H groups in total. The van der Waals surface area contributed by atoms with E-state index in [4.69, 9.17) is 0 Å². The van der Waals surface area contributed by atoms with Gasteiger partial charge < -0.3 is 3.11 Å². The number of nitrogens with zero attached hydrogens (tertiary/aromatic N) is 2. The van der Waals surface area contributed by atoms with Crippen LogP contribution in [0, 0.1) is 0 Å². The predicted molar refractivity (Wildman–Crippen MR) is 49.5 cm³/mol. The molecule has 0 unspecified atom stereocenters. The van der Waals surface area contributed by atoms with E-state index in [1.54, 1.807) is 12.1 Å². The van der Waals surface area contributed by atoms with Crippen molar-refractivity contribution in [3.63, 3.8) is 0 Å². The maximum Gasteiger partial charge on any atom is 0.309 e. The first-order chi connectivity index (χ1) is 5.61. The zero-order valence-corrected chi connectivity index (χ0v) is 8.12. The first kappa shape index (κ1) is 8.15. The molecule has 0 aliphatic carbocycles. The first-order valence-electron chi connectivity index (χ1n) is 3.38. The molecule has 0 amide bonds. The predicted octanol–water partition coefficient (Wildman–Crippen LogP) is 2.34. The lowest BCUT2D eigenvalue weighted by Crippen LogP contribution is -2.19. The van der Waals surface area contributed by atoms with Gasteiger partial charge in [0.15, 0.2) is 0 Å². The van der Waals surface area contributed by atoms with Crippen LogP contribution in [0.2, 0.25) is 0 Å². The highest BCUT2D eigenvalue weighted by Gasteiger charge is 2.44. The van der Waals surface area contributed by atoms with Gasteiger partial charge in [0.05, 0.1) is 35.1 Å². The molecule has 64 valence electrons. The number of rotatable bonds is 0. The Morgan fingerprint density at radius 3 is 3.00 bits per heavy atom. The summed E-state index contributed by atoms with van der Waals surface area (Å²) in [5.41, 5.74) is 0.405. The van der Waals surface area contributed by atoms with Crippen LogP contribution in [-0.4, -0.2) is 11.5 Å². The molecule has 2 rings (SSSR count). The average Bonchev–Trinajstić information content (AvgIpc) is 2.25. The second-order valence-corrected chi connectivity index (χ2v) is 3.76. The number of hydrogen-bond donors (Lipinski definition) is 0. The second-order valence-electron chi connectivity index (χ2n) is 2.60. The van der Waals surface area contributed by atoms with Gasteiger partial charge in [-0.15, -0.1) is 0 Å². The number of aromatic nitrogens is 1. The highest BCUT2D eigenvalue weighted by Crippen LogP contribution is 2.42.